The third kappa shape index (κ3) is 3.12. The van der Waals surface area contributed by atoms with E-state index < -0.39 is 0 Å². The van der Waals surface area contributed by atoms with Crippen LogP contribution in [-0.2, 0) is 4.74 Å². The maximum Gasteiger partial charge on any atom is 0.137 e. The Bertz CT molecular complexity index is 434. The number of ether oxygens (including phenoxy) is 1. The van der Waals surface area contributed by atoms with Crippen molar-refractivity contribution in [2.45, 2.75) is 30.2 Å². The molecule has 2 aliphatic heterocycles. The van der Waals surface area contributed by atoms with Gasteiger partial charge in [-0.25, -0.2) is 4.39 Å². The fourth-order valence-electron chi connectivity index (χ4n) is 2.86. The van der Waals surface area contributed by atoms with E-state index in [0.29, 0.717) is 12.0 Å². The van der Waals surface area contributed by atoms with Crippen molar-refractivity contribution in [3.05, 3.63) is 29.6 Å². The predicted molar refractivity (Wildman–Crippen MR) is 76.0 cm³/mol. The normalized spacial score (nSPS) is 24.2. The Balaban J connectivity index is 1.64. The topological polar surface area (TPSA) is 21.3 Å². The zero-order chi connectivity index (χ0) is 13.1. The van der Waals surface area contributed by atoms with E-state index in [9.17, 15) is 4.39 Å². The van der Waals surface area contributed by atoms with Gasteiger partial charge in [0.2, 0.25) is 0 Å². The molecule has 104 valence electrons. The summed E-state index contributed by atoms with van der Waals surface area (Å²) >= 11 is 1.65. The minimum absolute atomic E-state index is 0.0694. The van der Waals surface area contributed by atoms with E-state index >= 15 is 0 Å². The quantitative estimate of drug-likeness (QED) is 0.917. The number of fused-ring (bicyclic) bond motifs is 1. The summed E-state index contributed by atoms with van der Waals surface area (Å²) in [5, 5.41) is 3.64. The summed E-state index contributed by atoms with van der Waals surface area (Å²) < 4.78 is 19.2. The molecule has 1 aromatic carbocycles. The molecule has 0 aliphatic carbocycles. The molecule has 2 heterocycles. The van der Waals surface area contributed by atoms with Crippen LogP contribution in [0.3, 0.4) is 0 Å². The Morgan fingerprint density at radius 2 is 2.11 bits per heavy atom. The molecule has 0 bridgehead atoms. The van der Waals surface area contributed by atoms with Crippen molar-refractivity contribution in [2.75, 3.05) is 25.5 Å². The molecule has 1 unspecified atom stereocenters. The van der Waals surface area contributed by atoms with Crippen molar-refractivity contribution in [1.82, 2.24) is 5.32 Å². The third-order valence-corrected chi connectivity index (χ3v) is 5.18. The van der Waals surface area contributed by atoms with Crippen LogP contribution in [0.15, 0.2) is 23.1 Å². The Morgan fingerprint density at radius 3 is 2.95 bits per heavy atom. The average molecular weight is 281 g/mol. The van der Waals surface area contributed by atoms with Gasteiger partial charge in [0.05, 0.1) is 0 Å². The minimum Gasteiger partial charge on any atom is -0.381 e. The Labute approximate surface area is 118 Å². The number of hydrogen-bond donors (Lipinski definition) is 1. The summed E-state index contributed by atoms with van der Waals surface area (Å²) in [6, 6.07) is 5.76. The second-order valence-corrected chi connectivity index (χ2v) is 6.42. The SMILES string of the molecule is Fc1cccc2c1SCCC2NCC1CCOCC1. The second kappa shape index (κ2) is 6.25. The highest BCUT2D eigenvalue weighted by molar-refractivity contribution is 7.99. The highest BCUT2D eigenvalue weighted by Crippen LogP contribution is 2.37. The molecule has 3 rings (SSSR count). The molecule has 2 aliphatic rings. The fourth-order valence-corrected chi connectivity index (χ4v) is 4.00. The zero-order valence-electron chi connectivity index (χ0n) is 11.0. The summed E-state index contributed by atoms with van der Waals surface area (Å²) in [5.74, 6) is 1.64. The Morgan fingerprint density at radius 1 is 1.26 bits per heavy atom. The van der Waals surface area contributed by atoms with Crippen molar-refractivity contribution in [1.29, 1.82) is 0 Å². The van der Waals surface area contributed by atoms with E-state index in [1.165, 1.54) is 0 Å². The average Bonchev–Trinajstić information content (AvgIpc) is 2.47. The van der Waals surface area contributed by atoms with E-state index in [2.05, 4.69) is 11.4 Å². The second-order valence-electron chi connectivity index (χ2n) is 5.31. The maximum absolute atomic E-state index is 13.8. The molecule has 1 aromatic rings. The Kier molecular flexibility index (Phi) is 4.41. The molecule has 1 fully saturated rings. The van der Waals surface area contributed by atoms with Gasteiger partial charge in [-0.15, -0.1) is 11.8 Å². The number of thioether (sulfide) groups is 1. The molecule has 1 saturated heterocycles. The van der Waals surface area contributed by atoms with Crippen LogP contribution in [-0.4, -0.2) is 25.5 Å². The molecule has 0 radical (unpaired) electrons. The van der Waals surface area contributed by atoms with Crippen molar-refractivity contribution in [3.8, 4) is 0 Å². The van der Waals surface area contributed by atoms with Gasteiger partial charge in [-0.2, -0.15) is 0 Å². The number of rotatable bonds is 3. The van der Waals surface area contributed by atoms with Crippen molar-refractivity contribution >= 4 is 11.8 Å². The van der Waals surface area contributed by atoms with Crippen molar-refractivity contribution < 1.29 is 9.13 Å². The van der Waals surface area contributed by atoms with Crippen LogP contribution in [0, 0.1) is 11.7 Å². The summed E-state index contributed by atoms with van der Waals surface area (Å²) in [4.78, 5) is 0.846. The van der Waals surface area contributed by atoms with Crippen LogP contribution in [0.2, 0.25) is 0 Å². The summed E-state index contributed by atoms with van der Waals surface area (Å²) in [7, 11) is 0. The lowest BCUT2D eigenvalue weighted by Crippen LogP contribution is -2.32. The number of halogens is 1. The highest BCUT2D eigenvalue weighted by atomic mass is 32.2. The minimum atomic E-state index is -0.0694. The summed E-state index contributed by atoms with van der Waals surface area (Å²) in [5.41, 5.74) is 1.14. The van der Waals surface area contributed by atoms with Gasteiger partial charge in [-0.1, -0.05) is 12.1 Å². The van der Waals surface area contributed by atoms with Crippen LogP contribution in [0.4, 0.5) is 4.39 Å². The number of benzene rings is 1. The van der Waals surface area contributed by atoms with Gasteiger partial charge in [-0.3, -0.25) is 0 Å². The van der Waals surface area contributed by atoms with E-state index in [-0.39, 0.29) is 5.82 Å². The maximum atomic E-state index is 13.8. The lowest BCUT2D eigenvalue weighted by molar-refractivity contribution is 0.0653. The van der Waals surface area contributed by atoms with E-state index in [1.807, 2.05) is 6.07 Å². The molecule has 0 amide bonds. The van der Waals surface area contributed by atoms with Gasteiger partial charge in [0.15, 0.2) is 0 Å². The van der Waals surface area contributed by atoms with E-state index in [0.717, 1.165) is 55.2 Å². The Hall–Kier alpha value is -0.580. The lowest BCUT2D eigenvalue weighted by atomic mass is 9.98. The van der Waals surface area contributed by atoms with Crippen LogP contribution in [0.5, 0.6) is 0 Å². The first-order chi connectivity index (χ1) is 9.34. The summed E-state index contributed by atoms with van der Waals surface area (Å²) in [6.45, 7) is 2.80. The van der Waals surface area contributed by atoms with Gasteiger partial charge in [0, 0.05) is 24.2 Å². The fraction of sp³-hybridized carbons (Fsp3) is 0.600. The number of nitrogens with one attached hydrogen (secondary N) is 1. The zero-order valence-corrected chi connectivity index (χ0v) is 11.8. The van der Waals surface area contributed by atoms with Crippen LogP contribution in [0.25, 0.3) is 0 Å². The van der Waals surface area contributed by atoms with Gasteiger partial charge in [0.1, 0.15) is 5.82 Å². The molecule has 1 atom stereocenters. The standard InChI is InChI=1S/C15H20FNOS/c16-13-3-1-2-12-14(6-9-19-15(12)13)17-10-11-4-7-18-8-5-11/h1-3,11,14,17H,4-10H2. The van der Waals surface area contributed by atoms with Crippen LogP contribution >= 0.6 is 11.8 Å². The van der Waals surface area contributed by atoms with E-state index in [1.54, 1.807) is 17.8 Å². The first-order valence-corrected chi connectivity index (χ1v) is 8.05. The molecule has 19 heavy (non-hydrogen) atoms. The molecule has 2 nitrogen and oxygen atoms in total. The molecule has 0 saturated carbocycles. The van der Waals surface area contributed by atoms with E-state index in [4.69, 9.17) is 4.74 Å². The molecule has 0 spiro atoms. The third-order valence-electron chi connectivity index (χ3n) is 4.02. The molecular formula is C15H20FNOS. The summed E-state index contributed by atoms with van der Waals surface area (Å²) in [6.07, 6.45) is 3.37. The van der Waals surface area contributed by atoms with Crippen LogP contribution in [0.1, 0.15) is 30.9 Å². The van der Waals surface area contributed by atoms with Gasteiger partial charge in [-0.05, 0) is 49.1 Å². The van der Waals surface area contributed by atoms with Crippen molar-refractivity contribution in [2.24, 2.45) is 5.92 Å². The molecule has 4 heteroatoms. The molecular weight excluding hydrogens is 261 g/mol. The lowest BCUT2D eigenvalue weighted by Gasteiger charge is -2.29. The first kappa shape index (κ1) is 13.4. The molecule has 1 N–H and O–H groups in total. The largest absolute Gasteiger partial charge is 0.381 e. The molecule has 0 aromatic heterocycles. The first-order valence-electron chi connectivity index (χ1n) is 7.07. The highest BCUT2D eigenvalue weighted by Gasteiger charge is 2.24. The van der Waals surface area contributed by atoms with Gasteiger partial charge < -0.3 is 10.1 Å². The van der Waals surface area contributed by atoms with Gasteiger partial charge in [0.25, 0.3) is 0 Å². The van der Waals surface area contributed by atoms with Crippen LogP contribution < -0.4 is 5.32 Å². The van der Waals surface area contributed by atoms with Gasteiger partial charge >= 0.3 is 0 Å². The smallest absolute Gasteiger partial charge is 0.137 e. The predicted octanol–water partition coefficient (Wildman–Crippen LogP) is 3.38. The van der Waals surface area contributed by atoms with Crippen molar-refractivity contribution in [3.63, 3.8) is 0 Å². The monoisotopic (exact) mass is 281 g/mol. The number of hydrogen-bond acceptors (Lipinski definition) is 3.